The fraction of sp³-hybridized carbons (Fsp3) is 0.278. The van der Waals surface area contributed by atoms with Crippen LogP contribution < -0.4 is 16.8 Å². The first kappa shape index (κ1) is 21.2. The minimum Gasteiger partial charge on any atom is -0.457 e. The first-order valence-corrected chi connectivity index (χ1v) is 10.2. The molecule has 1 aliphatic heterocycles. The highest BCUT2D eigenvalue weighted by Crippen LogP contribution is 2.38. The van der Waals surface area contributed by atoms with Crippen LogP contribution in [0.4, 0.5) is 14.6 Å². The van der Waals surface area contributed by atoms with Gasteiger partial charge in [-0.25, -0.2) is 14.4 Å². The zero-order valence-corrected chi connectivity index (χ0v) is 17.4. The number of nitrogens with two attached hydrogens (primary N) is 2. The molecule has 29 heavy (non-hydrogen) atoms. The third kappa shape index (κ3) is 5.11. The van der Waals surface area contributed by atoms with Crippen LogP contribution in [0.25, 0.3) is 10.4 Å². The van der Waals surface area contributed by atoms with Gasteiger partial charge in [0.25, 0.3) is 0 Å². The van der Waals surface area contributed by atoms with Gasteiger partial charge in [-0.05, 0) is 36.6 Å². The van der Waals surface area contributed by atoms with Gasteiger partial charge in [0.15, 0.2) is 0 Å². The van der Waals surface area contributed by atoms with Gasteiger partial charge in [0.1, 0.15) is 11.1 Å². The summed E-state index contributed by atoms with van der Waals surface area (Å²) in [5.41, 5.74) is 11.4. The summed E-state index contributed by atoms with van der Waals surface area (Å²) in [6.07, 6.45) is 0.794. The standard InChI is InChI=1S/C18H18Cl2N4O4S/c19-12-4-3-9(6-13(12)20)14-7-11(15(29-14)23-17(21)26)16(25)28-10-2-1-5-24(8-10)18(22)27/h3-4,6-7,10H,1-2,5,8H2,(H2,22,27)(H3,21,23,26). The number of anilines is 1. The normalized spacial score (nSPS) is 16.3. The Morgan fingerprint density at radius 3 is 2.59 bits per heavy atom. The lowest BCUT2D eigenvalue weighted by Gasteiger charge is -2.31. The van der Waals surface area contributed by atoms with E-state index in [2.05, 4.69) is 5.32 Å². The van der Waals surface area contributed by atoms with E-state index < -0.39 is 24.1 Å². The molecule has 0 bridgehead atoms. The zero-order valence-electron chi connectivity index (χ0n) is 15.1. The number of carbonyl (C=O) groups excluding carboxylic acids is 3. The van der Waals surface area contributed by atoms with Crippen LogP contribution in [0.1, 0.15) is 23.2 Å². The number of halogens is 2. The van der Waals surface area contributed by atoms with Crippen LogP contribution in [0, 0.1) is 0 Å². The second-order valence-corrected chi connectivity index (χ2v) is 8.29. The number of amides is 4. The van der Waals surface area contributed by atoms with Crippen LogP contribution >= 0.6 is 34.5 Å². The van der Waals surface area contributed by atoms with Crippen LogP contribution in [0.2, 0.25) is 10.0 Å². The van der Waals surface area contributed by atoms with E-state index in [9.17, 15) is 14.4 Å². The summed E-state index contributed by atoms with van der Waals surface area (Å²) in [5, 5.41) is 3.47. The third-order valence-electron chi connectivity index (χ3n) is 4.36. The molecule has 3 rings (SSSR count). The van der Waals surface area contributed by atoms with E-state index in [1.165, 1.54) is 4.90 Å². The molecule has 2 heterocycles. The number of esters is 1. The van der Waals surface area contributed by atoms with Crippen molar-refractivity contribution >= 4 is 57.6 Å². The Morgan fingerprint density at radius 1 is 1.17 bits per heavy atom. The molecular formula is C18H18Cl2N4O4S. The van der Waals surface area contributed by atoms with Crippen LogP contribution in [-0.2, 0) is 4.74 Å². The Morgan fingerprint density at radius 2 is 1.93 bits per heavy atom. The van der Waals surface area contributed by atoms with Crippen molar-refractivity contribution < 1.29 is 19.1 Å². The Labute approximate surface area is 180 Å². The van der Waals surface area contributed by atoms with E-state index in [1.807, 2.05) is 0 Å². The average molecular weight is 457 g/mol. The maximum Gasteiger partial charge on any atom is 0.341 e. The first-order valence-electron chi connectivity index (χ1n) is 8.65. The number of hydrogen-bond acceptors (Lipinski definition) is 5. The number of primary amides is 2. The molecular weight excluding hydrogens is 439 g/mol. The number of rotatable bonds is 4. The lowest BCUT2D eigenvalue weighted by molar-refractivity contribution is 0.0129. The molecule has 2 aromatic rings. The smallest absolute Gasteiger partial charge is 0.341 e. The second kappa shape index (κ2) is 8.89. The Balaban J connectivity index is 1.85. The van der Waals surface area contributed by atoms with Crippen molar-refractivity contribution in [3.63, 3.8) is 0 Å². The molecule has 11 heteroatoms. The van der Waals surface area contributed by atoms with Gasteiger partial charge < -0.3 is 21.1 Å². The summed E-state index contributed by atoms with van der Waals surface area (Å²) in [6.45, 7) is 0.751. The topological polar surface area (TPSA) is 128 Å². The van der Waals surface area contributed by atoms with Crippen molar-refractivity contribution in [1.82, 2.24) is 4.90 Å². The Bertz CT molecular complexity index is 965. The van der Waals surface area contributed by atoms with Crippen LogP contribution in [0.3, 0.4) is 0 Å². The number of thiophene rings is 1. The van der Waals surface area contributed by atoms with E-state index in [0.29, 0.717) is 39.9 Å². The van der Waals surface area contributed by atoms with E-state index in [-0.39, 0.29) is 17.1 Å². The number of likely N-dealkylation sites (tertiary alicyclic amines) is 1. The van der Waals surface area contributed by atoms with Gasteiger partial charge in [-0.2, -0.15) is 0 Å². The van der Waals surface area contributed by atoms with Gasteiger partial charge in [0, 0.05) is 11.4 Å². The minimum atomic E-state index is -0.806. The number of piperidine rings is 1. The highest BCUT2D eigenvalue weighted by atomic mass is 35.5. The molecule has 1 saturated heterocycles. The Hall–Kier alpha value is -2.49. The minimum absolute atomic E-state index is 0.158. The maximum absolute atomic E-state index is 12.8. The maximum atomic E-state index is 12.8. The van der Waals surface area contributed by atoms with Crippen molar-refractivity contribution in [1.29, 1.82) is 0 Å². The molecule has 1 atom stereocenters. The van der Waals surface area contributed by atoms with E-state index in [0.717, 1.165) is 11.3 Å². The second-order valence-electron chi connectivity index (χ2n) is 6.43. The Kier molecular flexibility index (Phi) is 6.51. The van der Waals surface area contributed by atoms with E-state index in [1.54, 1.807) is 24.3 Å². The van der Waals surface area contributed by atoms with Crippen molar-refractivity contribution in [3.05, 3.63) is 39.9 Å². The lowest BCUT2D eigenvalue weighted by Crippen LogP contribution is -2.46. The monoisotopic (exact) mass is 456 g/mol. The summed E-state index contributed by atoms with van der Waals surface area (Å²) in [4.78, 5) is 37.6. The highest BCUT2D eigenvalue weighted by Gasteiger charge is 2.27. The van der Waals surface area contributed by atoms with Crippen molar-refractivity contribution in [3.8, 4) is 10.4 Å². The molecule has 8 nitrogen and oxygen atoms in total. The number of hydrogen-bond donors (Lipinski definition) is 3. The zero-order chi connectivity index (χ0) is 21.1. The molecule has 0 aliphatic carbocycles. The summed E-state index contributed by atoms with van der Waals surface area (Å²) < 4.78 is 5.55. The summed E-state index contributed by atoms with van der Waals surface area (Å²) >= 11 is 13.2. The van der Waals surface area contributed by atoms with Crippen LogP contribution in [-0.4, -0.2) is 42.1 Å². The molecule has 4 amide bonds. The number of ether oxygens (including phenoxy) is 1. The molecule has 1 aromatic heterocycles. The van der Waals surface area contributed by atoms with E-state index >= 15 is 0 Å². The SMILES string of the molecule is NC(=O)Nc1sc(-c2ccc(Cl)c(Cl)c2)cc1C(=O)OC1CCCN(C(N)=O)C1. The fourth-order valence-electron chi connectivity index (χ4n) is 2.99. The lowest BCUT2D eigenvalue weighted by atomic mass is 10.1. The van der Waals surface area contributed by atoms with Gasteiger partial charge in [0.2, 0.25) is 0 Å². The first-order chi connectivity index (χ1) is 13.7. The van der Waals surface area contributed by atoms with Gasteiger partial charge in [-0.3, -0.25) is 5.32 Å². The summed E-state index contributed by atoms with van der Waals surface area (Å²) in [6, 6.07) is 5.27. The number of nitrogens with one attached hydrogen (secondary N) is 1. The molecule has 1 unspecified atom stereocenters. The van der Waals surface area contributed by atoms with Crippen molar-refractivity contribution in [2.24, 2.45) is 11.5 Å². The van der Waals surface area contributed by atoms with Gasteiger partial charge >= 0.3 is 18.0 Å². The number of nitrogens with zero attached hydrogens (tertiary/aromatic N) is 1. The molecule has 5 N–H and O–H groups in total. The molecule has 1 aliphatic rings. The molecule has 1 aromatic carbocycles. The predicted molar refractivity (Wildman–Crippen MR) is 113 cm³/mol. The number of urea groups is 2. The molecule has 0 radical (unpaired) electrons. The third-order valence-corrected chi connectivity index (χ3v) is 6.19. The van der Waals surface area contributed by atoms with Gasteiger partial charge in [-0.15, -0.1) is 11.3 Å². The number of carbonyl (C=O) groups is 3. The summed E-state index contributed by atoms with van der Waals surface area (Å²) in [5.74, 6) is -0.632. The van der Waals surface area contributed by atoms with Crippen LogP contribution in [0.15, 0.2) is 24.3 Å². The van der Waals surface area contributed by atoms with E-state index in [4.69, 9.17) is 39.4 Å². The quantitative estimate of drug-likeness (QED) is 0.602. The predicted octanol–water partition coefficient (Wildman–Crippen LogP) is 3.91. The molecule has 154 valence electrons. The van der Waals surface area contributed by atoms with Crippen LogP contribution in [0.5, 0.6) is 0 Å². The van der Waals surface area contributed by atoms with Gasteiger partial charge in [-0.1, -0.05) is 29.3 Å². The van der Waals surface area contributed by atoms with Crippen molar-refractivity contribution in [2.45, 2.75) is 18.9 Å². The highest BCUT2D eigenvalue weighted by molar-refractivity contribution is 7.20. The van der Waals surface area contributed by atoms with Gasteiger partial charge in [0.05, 0.1) is 22.2 Å². The average Bonchev–Trinajstić information content (AvgIpc) is 3.07. The number of benzene rings is 1. The summed E-state index contributed by atoms with van der Waals surface area (Å²) in [7, 11) is 0. The van der Waals surface area contributed by atoms with Crippen molar-refractivity contribution in [2.75, 3.05) is 18.4 Å². The fourth-order valence-corrected chi connectivity index (χ4v) is 4.33. The molecule has 1 fully saturated rings. The largest absolute Gasteiger partial charge is 0.457 e. The molecule has 0 saturated carbocycles. The molecule has 0 spiro atoms.